The third-order valence-corrected chi connectivity index (χ3v) is 3.78. The number of hydrogen-bond acceptors (Lipinski definition) is 6. The average molecular weight is 374 g/mol. The molecule has 0 radical (unpaired) electrons. The third-order valence-electron chi connectivity index (χ3n) is 3.78. The van der Waals surface area contributed by atoms with Crippen molar-refractivity contribution in [2.24, 2.45) is 0 Å². The highest BCUT2D eigenvalue weighted by Crippen LogP contribution is 2.20. The molecule has 146 valence electrons. The molecule has 0 saturated heterocycles. The van der Waals surface area contributed by atoms with Gasteiger partial charge in [-0.1, -0.05) is 12.1 Å². The van der Waals surface area contributed by atoms with E-state index < -0.39 is 6.04 Å². The van der Waals surface area contributed by atoms with E-state index in [1.54, 1.807) is 6.92 Å². The van der Waals surface area contributed by atoms with E-state index >= 15 is 0 Å². The summed E-state index contributed by atoms with van der Waals surface area (Å²) in [4.78, 5) is 28.1. The molecule has 2 amide bonds. The highest BCUT2D eigenvalue weighted by Gasteiger charge is 2.16. The number of carbonyl (C=O) groups excluding carboxylic acids is 2. The highest BCUT2D eigenvalue weighted by atomic mass is 16.5. The van der Waals surface area contributed by atoms with Gasteiger partial charge in [-0.15, -0.1) is 0 Å². The number of carbonyl (C=O) groups is 2. The Morgan fingerprint density at radius 2 is 1.96 bits per heavy atom. The summed E-state index contributed by atoms with van der Waals surface area (Å²) in [5.74, 6) is 1.17. The summed E-state index contributed by atoms with van der Waals surface area (Å²) in [6.07, 6.45) is 1.32. The normalized spacial score (nSPS) is 11.7. The van der Waals surface area contributed by atoms with Gasteiger partial charge < -0.3 is 19.9 Å². The van der Waals surface area contributed by atoms with E-state index in [9.17, 15) is 9.59 Å². The predicted octanol–water partition coefficient (Wildman–Crippen LogP) is 2.10. The van der Waals surface area contributed by atoms with Crippen LogP contribution in [0.4, 0.5) is 0 Å². The Bertz CT molecular complexity index is 742. The number of hydrogen-bond donors (Lipinski definition) is 2. The van der Waals surface area contributed by atoms with E-state index in [-0.39, 0.29) is 18.2 Å². The molecule has 1 aromatic carbocycles. The minimum atomic E-state index is -0.578. The Morgan fingerprint density at radius 3 is 2.63 bits per heavy atom. The molecule has 1 atom stereocenters. The maximum absolute atomic E-state index is 12.0. The van der Waals surface area contributed by atoms with Gasteiger partial charge in [0.2, 0.25) is 23.5 Å². The number of nitrogens with zero attached hydrogens (tertiary/aromatic N) is 2. The van der Waals surface area contributed by atoms with Gasteiger partial charge in [0.05, 0.1) is 6.61 Å². The molecular weight excluding hydrogens is 348 g/mol. The van der Waals surface area contributed by atoms with Crippen LogP contribution in [0, 0.1) is 0 Å². The fourth-order valence-corrected chi connectivity index (χ4v) is 2.34. The molecule has 0 saturated carbocycles. The Balaban J connectivity index is 1.83. The number of benzene rings is 1. The molecule has 0 aliphatic heterocycles. The van der Waals surface area contributed by atoms with Gasteiger partial charge in [0.25, 0.3) is 0 Å². The van der Waals surface area contributed by atoms with Crippen LogP contribution >= 0.6 is 0 Å². The number of ether oxygens (including phenoxy) is 1. The second kappa shape index (κ2) is 10.3. The van der Waals surface area contributed by atoms with Crippen LogP contribution in [0.3, 0.4) is 0 Å². The molecule has 2 N–H and O–H groups in total. The molecule has 0 aliphatic carbocycles. The van der Waals surface area contributed by atoms with Crippen LogP contribution in [0.5, 0.6) is 5.75 Å². The largest absolute Gasteiger partial charge is 0.494 e. The maximum Gasteiger partial charge on any atom is 0.242 e. The summed E-state index contributed by atoms with van der Waals surface area (Å²) < 4.78 is 10.6. The van der Waals surface area contributed by atoms with E-state index in [0.717, 1.165) is 17.7 Å². The monoisotopic (exact) mass is 374 g/mol. The Kier molecular flexibility index (Phi) is 7.79. The van der Waals surface area contributed by atoms with Crippen molar-refractivity contribution < 1.29 is 18.8 Å². The lowest BCUT2D eigenvalue weighted by atomic mass is 10.2. The standard InChI is InChI=1S/C19H26N4O4/c1-4-12-20-19(25)13(3)21-16(24)10-11-17-22-18(23-27-17)14-6-8-15(9-7-14)26-5-2/h6-9,13H,4-5,10-12H2,1-3H3,(H,20,25)(H,21,24). The summed E-state index contributed by atoms with van der Waals surface area (Å²) in [5, 5.41) is 9.34. The van der Waals surface area contributed by atoms with Crippen molar-refractivity contribution in [1.29, 1.82) is 0 Å². The maximum atomic E-state index is 12.0. The molecule has 2 rings (SSSR count). The summed E-state index contributed by atoms with van der Waals surface area (Å²) in [5.41, 5.74) is 0.805. The zero-order valence-electron chi connectivity index (χ0n) is 15.9. The van der Waals surface area contributed by atoms with Gasteiger partial charge in [0.15, 0.2) is 0 Å². The van der Waals surface area contributed by atoms with Crippen LogP contribution in [-0.4, -0.2) is 41.1 Å². The minimum absolute atomic E-state index is 0.163. The lowest BCUT2D eigenvalue weighted by Crippen LogP contribution is -2.45. The first-order valence-electron chi connectivity index (χ1n) is 9.16. The quantitative estimate of drug-likeness (QED) is 0.660. The molecule has 27 heavy (non-hydrogen) atoms. The van der Waals surface area contributed by atoms with Crippen LogP contribution in [-0.2, 0) is 16.0 Å². The molecule has 8 nitrogen and oxygen atoms in total. The van der Waals surface area contributed by atoms with Gasteiger partial charge in [0.1, 0.15) is 11.8 Å². The minimum Gasteiger partial charge on any atom is -0.494 e. The van der Waals surface area contributed by atoms with Crippen LogP contribution < -0.4 is 15.4 Å². The van der Waals surface area contributed by atoms with E-state index in [1.807, 2.05) is 38.1 Å². The number of nitrogens with one attached hydrogen (secondary N) is 2. The first-order valence-corrected chi connectivity index (χ1v) is 9.16. The molecule has 0 spiro atoms. The summed E-state index contributed by atoms with van der Waals surface area (Å²) in [7, 11) is 0. The Morgan fingerprint density at radius 1 is 1.22 bits per heavy atom. The second-order valence-electron chi connectivity index (χ2n) is 6.05. The van der Waals surface area contributed by atoms with E-state index in [2.05, 4.69) is 20.8 Å². The Hall–Kier alpha value is -2.90. The molecule has 0 bridgehead atoms. The lowest BCUT2D eigenvalue weighted by molar-refractivity contribution is -0.128. The van der Waals surface area contributed by atoms with Crippen LogP contribution in [0.2, 0.25) is 0 Å². The Labute approximate surface area is 158 Å². The number of aromatic nitrogens is 2. The van der Waals surface area contributed by atoms with Crippen molar-refractivity contribution in [3.8, 4) is 17.1 Å². The molecule has 1 aromatic heterocycles. The van der Waals surface area contributed by atoms with Gasteiger partial charge in [-0.05, 0) is 44.5 Å². The zero-order chi connectivity index (χ0) is 19.6. The fraction of sp³-hybridized carbons (Fsp3) is 0.474. The number of rotatable bonds is 10. The summed E-state index contributed by atoms with van der Waals surface area (Å²) >= 11 is 0. The van der Waals surface area contributed by atoms with E-state index in [1.165, 1.54) is 0 Å². The smallest absolute Gasteiger partial charge is 0.242 e. The number of aryl methyl sites for hydroxylation is 1. The third kappa shape index (κ3) is 6.40. The van der Waals surface area contributed by atoms with Crippen molar-refractivity contribution in [3.05, 3.63) is 30.2 Å². The van der Waals surface area contributed by atoms with Gasteiger partial charge in [-0.25, -0.2) is 0 Å². The van der Waals surface area contributed by atoms with Gasteiger partial charge in [0, 0.05) is 24.9 Å². The number of amides is 2. The topological polar surface area (TPSA) is 106 Å². The lowest BCUT2D eigenvalue weighted by Gasteiger charge is -2.13. The average Bonchev–Trinajstić information content (AvgIpc) is 3.14. The zero-order valence-corrected chi connectivity index (χ0v) is 15.9. The fourth-order valence-electron chi connectivity index (χ4n) is 2.34. The van der Waals surface area contributed by atoms with Crippen molar-refractivity contribution in [3.63, 3.8) is 0 Å². The second-order valence-corrected chi connectivity index (χ2v) is 6.05. The van der Waals surface area contributed by atoms with Crippen molar-refractivity contribution in [2.45, 2.75) is 46.1 Å². The highest BCUT2D eigenvalue weighted by molar-refractivity contribution is 5.87. The van der Waals surface area contributed by atoms with Crippen LogP contribution in [0.25, 0.3) is 11.4 Å². The van der Waals surface area contributed by atoms with Crippen molar-refractivity contribution in [1.82, 2.24) is 20.8 Å². The summed E-state index contributed by atoms with van der Waals surface area (Å²) in [6, 6.07) is 6.80. The molecule has 0 aliphatic rings. The molecule has 1 unspecified atom stereocenters. The molecule has 0 fully saturated rings. The van der Waals surface area contributed by atoms with Crippen molar-refractivity contribution >= 4 is 11.8 Å². The molecule has 1 heterocycles. The van der Waals surface area contributed by atoms with Crippen LogP contribution in [0.15, 0.2) is 28.8 Å². The van der Waals surface area contributed by atoms with Crippen molar-refractivity contribution in [2.75, 3.05) is 13.2 Å². The van der Waals surface area contributed by atoms with Gasteiger partial charge >= 0.3 is 0 Å². The summed E-state index contributed by atoms with van der Waals surface area (Å²) in [6.45, 7) is 6.74. The van der Waals surface area contributed by atoms with Gasteiger partial charge in [-0.2, -0.15) is 4.98 Å². The predicted molar refractivity (Wildman–Crippen MR) is 100 cm³/mol. The molecular formula is C19H26N4O4. The first-order chi connectivity index (χ1) is 13.0. The van der Waals surface area contributed by atoms with Gasteiger partial charge in [-0.3, -0.25) is 9.59 Å². The van der Waals surface area contributed by atoms with E-state index in [4.69, 9.17) is 9.26 Å². The molecule has 2 aromatic rings. The molecule has 8 heteroatoms. The van der Waals surface area contributed by atoms with E-state index in [0.29, 0.717) is 31.3 Å². The van der Waals surface area contributed by atoms with Crippen LogP contribution in [0.1, 0.15) is 39.5 Å². The SMILES string of the molecule is CCCNC(=O)C(C)NC(=O)CCc1nc(-c2ccc(OCC)cc2)no1. The first kappa shape index (κ1) is 20.4.